The van der Waals surface area contributed by atoms with Crippen LogP contribution in [0.5, 0.6) is 0 Å². The van der Waals surface area contributed by atoms with Crippen LogP contribution in [0, 0.1) is 6.92 Å². The lowest BCUT2D eigenvalue weighted by molar-refractivity contribution is 1.28. The number of pyridine rings is 1. The maximum atomic E-state index is 5.64. The topological polar surface area (TPSA) is 50.9 Å². The van der Waals surface area contributed by atoms with Crippen LogP contribution in [0.15, 0.2) is 39.4 Å². The number of aryl methyl sites for hydroxylation is 1. The van der Waals surface area contributed by atoms with E-state index < -0.39 is 0 Å². The van der Waals surface area contributed by atoms with Crippen molar-refractivity contribution in [2.24, 2.45) is 0 Å². The number of nitrogens with two attached hydrogens (primary N) is 1. The zero-order chi connectivity index (χ0) is 12.4. The maximum absolute atomic E-state index is 5.64. The summed E-state index contributed by atoms with van der Waals surface area (Å²) in [7, 11) is 0. The minimum Gasteiger partial charge on any atom is -0.397 e. The summed E-state index contributed by atoms with van der Waals surface area (Å²) in [6.45, 7) is 2.04. The minimum absolute atomic E-state index is 0.634. The number of halogens is 2. The lowest BCUT2D eigenvalue weighted by Crippen LogP contribution is -1.98. The van der Waals surface area contributed by atoms with Crippen LogP contribution in [-0.2, 0) is 0 Å². The highest BCUT2D eigenvalue weighted by Gasteiger charge is 2.04. The number of anilines is 3. The highest BCUT2D eigenvalue weighted by atomic mass is 79.9. The van der Waals surface area contributed by atoms with E-state index in [1.165, 1.54) is 0 Å². The Labute approximate surface area is 117 Å². The van der Waals surface area contributed by atoms with Gasteiger partial charge in [-0.1, -0.05) is 15.9 Å². The molecule has 1 heterocycles. The quantitative estimate of drug-likeness (QED) is 0.846. The molecule has 0 amide bonds. The fourth-order valence-electron chi connectivity index (χ4n) is 1.44. The summed E-state index contributed by atoms with van der Waals surface area (Å²) in [6, 6.07) is 7.86. The lowest BCUT2D eigenvalue weighted by Gasteiger charge is -2.10. The molecule has 2 rings (SSSR count). The number of aromatic nitrogens is 1. The Morgan fingerprint density at radius 1 is 1.24 bits per heavy atom. The molecular weight excluding hydrogens is 346 g/mol. The first-order valence-corrected chi connectivity index (χ1v) is 6.59. The highest BCUT2D eigenvalue weighted by molar-refractivity contribution is 9.10. The van der Waals surface area contributed by atoms with Crippen molar-refractivity contribution in [1.29, 1.82) is 0 Å². The second kappa shape index (κ2) is 5.06. The zero-order valence-electron chi connectivity index (χ0n) is 9.17. The number of nitrogens with one attached hydrogen (secondary N) is 1. The van der Waals surface area contributed by atoms with Crippen LogP contribution in [0.25, 0.3) is 0 Å². The van der Waals surface area contributed by atoms with Gasteiger partial charge in [-0.25, -0.2) is 4.98 Å². The molecule has 0 aliphatic rings. The van der Waals surface area contributed by atoms with E-state index >= 15 is 0 Å². The van der Waals surface area contributed by atoms with Crippen molar-refractivity contribution in [2.75, 3.05) is 11.1 Å². The largest absolute Gasteiger partial charge is 0.397 e. The smallest absolute Gasteiger partial charge is 0.144 e. The molecule has 0 aliphatic carbocycles. The van der Waals surface area contributed by atoms with Gasteiger partial charge in [0.1, 0.15) is 5.82 Å². The molecule has 1 aromatic heterocycles. The van der Waals surface area contributed by atoms with E-state index in [1.54, 1.807) is 6.20 Å². The summed E-state index contributed by atoms with van der Waals surface area (Å²) in [5.41, 5.74) is 8.44. The van der Waals surface area contributed by atoms with Gasteiger partial charge in [-0.2, -0.15) is 0 Å². The van der Waals surface area contributed by atoms with Gasteiger partial charge in [-0.3, -0.25) is 0 Å². The van der Waals surface area contributed by atoms with Crippen LogP contribution >= 0.6 is 31.9 Å². The van der Waals surface area contributed by atoms with Gasteiger partial charge < -0.3 is 11.1 Å². The Kier molecular flexibility index (Phi) is 3.69. The van der Waals surface area contributed by atoms with Crippen molar-refractivity contribution in [3.05, 3.63) is 45.0 Å². The van der Waals surface area contributed by atoms with E-state index in [-0.39, 0.29) is 0 Å². The van der Waals surface area contributed by atoms with Crippen molar-refractivity contribution in [3.8, 4) is 0 Å². The molecular formula is C12H11Br2N3. The number of nitrogens with zero attached hydrogens (tertiary/aromatic N) is 1. The summed E-state index contributed by atoms with van der Waals surface area (Å²) < 4.78 is 1.91. The number of benzene rings is 1. The Morgan fingerprint density at radius 3 is 2.65 bits per heavy atom. The number of hydrogen-bond donors (Lipinski definition) is 2. The monoisotopic (exact) mass is 355 g/mol. The van der Waals surface area contributed by atoms with Crippen molar-refractivity contribution in [3.63, 3.8) is 0 Å². The molecule has 17 heavy (non-hydrogen) atoms. The minimum atomic E-state index is 0.634. The highest BCUT2D eigenvalue weighted by Crippen LogP contribution is 2.28. The van der Waals surface area contributed by atoms with Crippen LogP contribution in [0.1, 0.15) is 5.56 Å². The molecule has 3 N–H and O–H groups in total. The van der Waals surface area contributed by atoms with Crippen molar-refractivity contribution in [2.45, 2.75) is 6.92 Å². The molecule has 0 unspecified atom stereocenters. The van der Waals surface area contributed by atoms with Crippen LogP contribution in [0.4, 0.5) is 17.2 Å². The molecule has 5 heteroatoms. The third-order valence-electron chi connectivity index (χ3n) is 2.30. The third-order valence-corrected chi connectivity index (χ3v) is 3.40. The van der Waals surface area contributed by atoms with E-state index in [2.05, 4.69) is 42.2 Å². The van der Waals surface area contributed by atoms with Gasteiger partial charge in [0.25, 0.3) is 0 Å². The number of rotatable bonds is 2. The summed E-state index contributed by atoms with van der Waals surface area (Å²) in [4.78, 5) is 4.24. The van der Waals surface area contributed by atoms with Gasteiger partial charge in [0.05, 0.1) is 16.4 Å². The van der Waals surface area contributed by atoms with Gasteiger partial charge in [0, 0.05) is 10.2 Å². The molecule has 0 spiro atoms. The van der Waals surface area contributed by atoms with Gasteiger partial charge in [0.2, 0.25) is 0 Å². The second-order valence-electron chi connectivity index (χ2n) is 3.68. The normalized spacial score (nSPS) is 10.3. The van der Waals surface area contributed by atoms with E-state index in [4.69, 9.17) is 5.73 Å². The van der Waals surface area contributed by atoms with Crippen LogP contribution < -0.4 is 11.1 Å². The molecule has 0 saturated carbocycles. The summed E-state index contributed by atoms with van der Waals surface area (Å²) in [5, 5.41) is 3.26. The standard InChI is InChI=1S/C12H11Br2N3/c1-7-4-8(13)2-3-11(7)17-12-10(14)5-9(15)6-16-12/h2-6H,15H2,1H3,(H,16,17). The Bertz CT molecular complexity index is 506. The van der Waals surface area contributed by atoms with E-state index in [1.807, 2.05) is 31.2 Å². The van der Waals surface area contributed by atoms with Crippen LogP contribution in [0.3, 0.4) is 0 Å². The summed E-state index contributed by atoms with van der Waals surface area (Å²) in [6.07, 6.45) is 1.63. The SMILES string of the molecule is Cc1cc(Br)ccc1Nc1ncc(N)cc1Br. The van der Waals surface area contributed by atoms with Gasteiger partial charge >= 0.3 is 0 Å². The zero-order valence-corrected chi connectivity index (χ0v) is 12.3. The molecule has 0 bridgehead atoms. The number of nitrogen functional groups attached to an aromatic ring is 1. The molecule has 0 radical (unpaired) electrons. The van der Waals surface area contributed by atoms with E-state index in [0.29, 0.717) is 5.69 Å². The third kappa shape index (κ3) is 2.98. The fourth-order valence-corrected chi connectivity index (χ4v) is 2.38. The van der Waals surface area contributed by atoms with E-state index in [9.17, 15) is 0 Å². The van der Waals surface area contributed by atoms with Crippen molar-refractivity contribution < 1.29 is 0 Å². The predicted molar refractivity (Wildman–Crippen MR) is 78.5 cm³/mol. The molecule has 0 saturated heterocycles. The molecule has 88 valence electrons. The van der Waals surface area contributed by atoms with Gasteiger partial charge in [-0.15, -0.1) is 0 Å². The van der Waals surface area contributed by atoms with E-state index in [0.717, 1.165) is 26.0 Å². The second-order valence-corrected chi connectivity index (χ2v) is 5.45. The summed E-state index contributed by atoms with van der Waals surface area (Å²) in [5.74, 6) is 0.754. The van der Waals surface area contributed by atoms with Crippen molar-refractivity contribution in [1.82, 2.24) is 4.98 Å². The first-order chi connectivity index (χ1) is 8.06. The molecule has 0 fully saturated rings. The molecule has 1 aromatic carbocycles. The Balaban J connectivity index is 2.31. The average molecular weight is 357 g/mol. The van der Waals surface area contributed by atoms with Gasteiger partial charge in [0.15, 0.2) is 0 Å². The Morgan fingerprint density at radius 2 is 2.00 bits per heavy atom. The van der Waals surface area contributed by atoms with Crippen LogP contribution in [0.2, 0.25) is 0 Å². The lowest BCUT2D eigenvalue weighted by atomic mass is 10.2. The number of hydrogen-bond acceptors (Lipinski definition) is 3. The Hall–Kier alpha value is -1.07. The molecule has 2 aromatic rings. The van der Waals surface area contributed by atoms with Crippen LogP contribution in [-0.4, -0.2) is 4.98 Å². The first kappa shape index (κ1) is 12.4. The average Bonchev–Trinajstić information content (AvgIpc) is 2.25. The predicted octanol–water partition coefficient (Wildman–Crippen LogP) is 4.24. The molecule has 0 atom stereocenters. The maximum Gasteiger partial charge on any atom is 0.144 e. The van der Waals surface area contributed by atoms with Gasteiger partial charge in [-0.05, 0) is 52.7 Å². The first-order valence-electron chi connectivity index (χ1n) is 5.00. The van der Waals surface area contributed by atoms with Crippen molar-refractivity contribution >= 4 is 49.1 Å². The molecule has 3 nitrogen and oxygen atoms in total. The molecule has 0 aliphatic heterocycles. The fraction of sp³-hybridized carbons (Fsp3) is 0.0833. The summed E-state index contributed by atoms with van der Waals surface area (Å²) >= 11 is 6.87.